The minimum Gasteiger partial charge on any atom is -0.496 e. The maximum atomic E-state index is 13.6. The quantitative estimate of drug-likeness (QED) is 0.187. The molecule has 39 heavy (non-hydrogen) atoms. The number of non-ortho nitro benzene ring substituents is 1. The number of fused-ring (bicyclic) bond motifs is 2. The lowest BCUT2D eigenvalue weighted by Gasteiger charge is -2.13. The fourth-order valence-corrected chi connectivity index (χ4v) is 6.11. The van der Waals surface area contributed by atoms with Crippen molar-refractivity contribution in [3.63, 3.8) is 0 Å². The fourth-order valence-electron chi connectivity index (χ4n) is 4.76. The molecule has 0 atom stereocenters. The zero-order valence-corrected chi connectivity index (χ0v) is 21.4. The normalized spacial score (nSPS) is 11.6. The molecule has 0 saturated carbocycles. The predicted octanol–water partition coefficient (Wildman–Crippen LogP) is 6.07. The van der Waals surface area contributed by atoms with Gasteiger partial charge in [-0.1, -0.05) is 42.5 Å². The van der Waals surface area contributed by atoms with Gasteiger partial charge in [-0.3, -0.25) is 10.1 Å². The maximum Gasteiger partial charge on any atom is 0.279 e. The number of pyridine rings is 2. The second kappa shape index (κ2) is 9.34. The first-order valence-corrected chi connectivity index (χ1v) is 13.3. The zero-order valence-electron chi connectivity index (χ0n) is 20.6. The van der Waals surface area contributed by atoms with Crippen LogP contribution in [0.5, 0.6) is 5.75 Å². The summed E-state index contributed by atoms with van der Waals surface area (Å²) in [5, 5.41) is 12.9. The van der Waals surface area contributed by atoms with Crippen LogP contribution in [0.15, 0.2) is 108 Å². The first kappa shape index (κ1) is 24.3. The van der Waals surface area contributed by atoms with Gasteiger partial charge in [-0.25, -0.2) is 22.4 Å². The van der Waals surface area contributed by atoms with Crippen LogP contribution >= 0.6 is 0 Å². The third kappa shape index (κ3) is 3.98. The molecule has 0 aliphatic carbocycles. The number of aromatic nitrogens is 3. The summed E-state index contributed by atoms with van der Waals surface area (Å²) < 4.78 is 33.9. The number of methoxy groups -OCH3 is 1. The van der Waals surface area contributed by atoms with Crippen LogP contribution in [-0.2, 0) is 10.0 Å². The summed E-state index contributed by atoms with van der Waals surface area (Å²) in [5.74, 6) is 0.532. The number of nitrogens with zero attached hydrogens (tertiary/aromatic N) is 4. The lowest BCUT2D eigenvalue weighted by Crippen LogP contribution is -2.12. The Morgan fingerprint density at radius 2 is 1.64 bits per heavy atom. The van der Waals surface area contributed by atoms with Crippen LogP contribution in [0.1, 0.15) is 0 Å². The van der Waals surface area contributed by atoms with Crippen LogP contribution in [0.4, 0.5) is 5.69 Å². The number of para-hydroxylation sites is 1. The Morgan fingerprint density at radius 3 is 2.41 bits per heavy atom. The highest BCUT2D eigenvalue weighted by atomic mass is 32.2. The van der Waals surface area contributed by atoms with Crippen molar-refractivity contribution in [1.29, 1.82) is 0 Å². The summed E-state index contributed by atoms with van der Waals surface area (Å²) in [5.41, 5.74) is 2.67. The van der Waals surface area contributed by atoms with Crippen LogP contribution in [0.25, 0.3) is 44.3 Å². The van der Waals surface area contributed by atoms with E-state index in [1.807, 2.05) is 18.2 Å². The van der Waals surface area contributed by atoms with E-state index < -0.39 is 14.9 Å². The molecule has 0 fully saturated rings. The predicted molar refractivity (Wildman–Crippen MR) is 148 cm³/mol. The molecule has 0 saturated heterocycles. The fraction of sp³-hybridized carbons (Fsp3) is 0.0345. The number of ether oxygens (including phenoxy) is 1. The van der Waals surface area contributed by atoms with E-state index in [2.05, 4.69) is 4.98 Å². The molecule has 9 nitrogen and oxygen atoms in total. The van der Waals surface area contributed by atoms with Crippen molar-refractivity contribution in [1.82, 2.24) is 13.9 Å². The molecular weight excluding hydrogens is 516 g/mol. The van der Waals surface area contributed by atoms with Crippen molar-refractivity contribution in [2.45, 2.75) is 4.90 Å². The van der Waals surface area contributed by atoms with Crippen LogP contribution in [0.3, 0.4) is 0 Å². The standard InChI is InChI=1S/C29H20N4O5S/c1-38-27-15-6-5-11-20(27)22-17-25(31-24-13-7-14-26(28(22)24)33(34)35)23-18-32(29-21(23)12-8-16-30-29)39(36,37)19-9-3-2-4-10-19/h2-18H,1H3. The molecule has 3 aromatic carbocycles. The van der Waals surface area contributed by atoms with Crippen molar-refractivity contribution in [3.05, 3.63) is 114 Å². The molecule has 0 spiro atoms. The molecule has 3 aromatic heterocycles. The van der Waals surface area contributed by atoms with Gasteiger partial charge in [-0.2, -0.15) is 0 Å². The minimum atomic E-state index is -3.97. The highest BCUT2D eigenvalue weighted by Gasteiger charge is 2.25. The van der Waals surface area contributed by atoms with Gasteiger partial charge in [-0.15, -0.1) is 0 Å². The summed E-state index contributed by atoms with van der Waals surface area (Å²) in [6.45, 7) is 0. The van der Waals surface area contributed by atoms with E-state index in [-0.39, 0.29) is 16.2 Å². The Kier molecular flexibility index (Phi) is 5.81. The molecule has 0 aliphatic heterocycles. The van der Waals surface area contributed by atoms with E-state index in [9.17, 15) is 18.5 Å². The van der Waals surface area contributed by atoms with E-state index in [1.165, 1.54) is 37.7 Å². The van der Waals surface area contributed by atoms with E-state index in [0.29, 0.717) is 44.4 Å². The molecule has 0 radical (unpaired) electrons. The van der Waals surface area contributed by atoms with Crippen LogP contribution in [0, 0.1) is 10.1 Å². The van der Waals surface area contributed by atoms with Gasteiger partial charge in [0.25, 0.3) is 15.7 Å². The Labute approximate surface area is 223 Å². The van der Waals surface area contributed by atoms with Gasteiger partial charge in [0.2, 0.25) is 0 Å². The molecule has 0 N–H and O–H groups in total. The van der Waals surface area contributed by atoms with E-state index >= 15 is 0 Å². The van der Waals surface area contributed by atoms with Crippen LogP contribution < -0.4 is 4.74 Å². The number of rotatable bonds is 6. The minimum absolute atomic E-state index is 0.0943. The summed E-state index contributed by atoms with van der Waals surface area (Å²) in [7, 11) is -2.44. The van der Waals surface area contributed by atoms with Crippen molar-refractivity contribution < 1.29 is 18.1 Å². The lowest BCUT2D eigenvalue weighted by atomic mass is 9.96. The second-order valence-electron chi connectivity index (χ2n) is 8.71. The topological polar surface area (TPSA) is 117 Å². The van der Waals surface area contributed by atoms with Crippen molar-refractivity contribution in [3.8, 4) is 28.1 Å². The number of hydrogen-bond acceptors (Lipinski definition) is 7. The zero-order chi connectivity index (χ0) is 27.1. The highest BCUT2D eigenvalue weighted by molar-refractivity contribution is 7.90. The SMILES string of the molecule is COc1ccccc1-c1cc(-c2cn(S(=O)(=O)c3ccccc3)c3ncccc23)nc2cccc([N+](=O)[O-])c12. The number of nitro groups is 1. The molecule has 10 heteroatoms. The molecule has 0 bridgehead atoms. The molecule has 0 unspecified atom stereocenters. The second-order valence-corrected chi connectivity index (χ2v) is 10.5. The van der Waals surface area contributed by atoms with Gasteiger partial charge >= 0.3 is 0 Å². The summed E-state index contributed by atoms with van der Waals surface area (Å²) >= 11 is 0. The highest BCUT2D eigenvalue weighted by Crippen LogP contribution is 2.42. The third-order valence-corrected chi connectivity index (χ3v) is 8.18. The Hall–Kier alpha value is -5.09. The molecule has 192 valence electrons. The summed E-state index contributed by atoms with van der Waals surface area (Å²) in [6, 6.07) is 25.3. The van der Waals surface area contributed by atoms with Crippen LogP contribution in [-0.4, -0.2) is 34.4 Å². The largest absolute Gasteiger partial charge is 0.496 e. The van der Waals surface area contributed by atoms with Crippen molar-refractivity contribution in [2.75, 3.05) is 7.11 Å². The van der Waals surface area contributed by atoms with Gasteiger partial charge in [-0.05, 0) is 42.5 Å². The third-order valence-electron chi connectivity index (χ3n) is 6.51. The molecule has 0 amide bonds. The van der Waals surface area contributed by atoms with Crippen molar-refractivity contribution in [2.24, 2.45) is 0 Å². The molecule has 6 rings (SSSR count). The first-order valence-electron chi connectivity index (χ1n) is 11.9. The maximum absolute atomic E-state index is 13.6. The lowest BCUT2D eigenvalue weighted by molar-refractivity contribution is -0.383. The summed E-state index contributed by atoms with van der Waals surface area (Å²) in [4.78, 5) is 20.8. The average Bonchev–Trinajstić information content (AvgIpc) is 3.37. The van der Waals surface area contributed by atoms with Gasteiger partial charge in [0.1, 0.15) is 5.75 Å². The van der Waals surface area contributed by atoms with Crippen LogP contribution in [0.2, 0.25) is 0 Å². The van der Waals surface area contributed by atoms with E-state index in [4.69, 9.17) is 9.72 Å². The first-order chi connectivity index (χ1) is 18.9. The molecule has 3 heterocycles. The number of hydrogen-bond donors (Lipinski definition) is 0. The van der Waals surface area contributed by atoms with Gasteiger partial charge in [0, 0.05) is 40.5 Å². The monoisotopic (exact) mass is 536 g/mol. The average molecular weight is 537 g/mol. The summed E-state index contributed by atoms with van der Waals surface area (Å²) in [6.07, 6.45) is 3.03. The number of benzene rings is 3. The Bertz CT molecular complexity index is 2000. The Morgan fingerprint density at radius 1 is 0.872 bits per heavy atom. The van der Waals surface area contributed by atoms with E-state index in [0.717, 1.165) is 3.97 Å². The number of nitro benzene ring substituents is 1. The smallest absolute Gasteiger partial charge is 0.279 e. The van der Waals surface area contributed by atoms with E-state index in [1.54, 1.807) is 54.6 Å². The van der Waals surface area contributed by atoms with Gasteiger partial charge in [0.05, 0.1) is 33.5 Å². The molecular formula is C29H20N4O5S. The molecule has 0 aliphatic rings. The van der Waals surface area contributed by atoms with Crippen molar-refractivity contribution >= 4 is 37.6 Å². The van der Waals surface area contributed by atoms with Gasteiger partial charge in [0.15, 0.2) is 5.65 Å². The molecule has 6 aromatic rings. The van der Waals surface area contributed by atoms with Gasteiger partial charge < -0.3 is 4.74 Å². The Balaban J connectivity index is 1.69.